The number of likely N-dealkylation sites (tertiary alicyclic amines) is 2. The van der Waals surface area contributed by atoms with Crippen LogP contribution in [0.25, 0.3) is 11.1 Å². The van der Waals surface area contributed by atoms with Gasteiger partial charge in [0, 0.05) is 47.8 Å². The molecule has 2 aliphatic heterocycles. The molecule has 2 aliphatic carbocycles. The highest BCUT2D eigenvalue weighted by Gasteiger charge is 2.54. The zero-order valence-electron chi connectivity index (χ0n) is 60.3. The van der Waals surface area contributed by atoms with Gasteiger partial charge >= 0.3 is 23.9 Å². The molecule has 4 fully saturated rings. The number of aromatic hydroxyl groups is 1. The first-order valence-electron chi connectivity index (χ1n) is 35.7. The number of carbonyl (C=O) groups excluding carboxylic acids is 4. The second-order valence-electron chi connectivity index (χ2n) is 33.3. The quantitative estimate of drug-likeness (QED) is 0.0309. The molecule has 0 aromatic heterocycles. The van der Waals surface area contributed by atoms with Gasteiger partial charge in [-0.25, -0.2) is 0 Å². The summed E-state index contributed by atoms with van der Waals surface area (Å²) in [4.78, 5) is 62.8. The van der Waals surface area contributed by atoms with Crippen LogP contribution in [0.4, 0.5) is 0 Å². The van der Waals surface area contributed by atoms with E-state index in [0.29, 0.717) is 87.6 Å². The van der Waals surface area contributed by atoms with E-state index in [1.807, 2.05) is 48.5 Å². The van der Waals surface area contributed by atoms with E-state index in [4.69, 9.17) is 23.7 Å². The van der Waals surface area contributed by atoms with Crippen LogP contribution >= 0.6 is 0 Å². The van der Waals surface area contributed by atoms with Crippen molar-refractivity contribution in [2.75, 3.05) is 20.7 Å². The lowest BCUT2D eigenvalue weighted by Gasteiger charge is -2.53. The number of ether oxygens (including phenoxy) is 5. The number of hydrogen-bond acceptors (Lipinski definition) is 12. The molecule has 0 bridgehead atoms. The summed E-state index contributed by atoms with van der Waals surface area (Å²) >= 11 is 0. The molecule has 0 spiro atoms. The molecule has 2 saturated carbocycles. The molecule has 0 unspecified atom stereocenters. The van der Waals surface area contributed by atoms with Crippen molar-refractivity contribution in [1.29, 1.82) is 0 Å². The van der Waals surface area contributed by atoms with E-state index < -0.39 is 40.4 Å². The molecule has 12 heteroatoms. The van der Waals surface area contributed by atoms with E-state index in [1.54, 1.807) is 12.1 Å². The van der Waals surface area contributed by atoms with Crippen molar-refractivity contribution in [2.45, 2.75) is 296 Å². The maximum atomic E-state index is 15.7. The number of unbranched alkanes of at least 4 members (excludes halogenated alkanes) is 5. The minimum atomic E-state index is -1.68. The lowest BCUT2D eigenvalue weighted by molar-refractivity contribution is -0.188. The molecular formula is C81H118N2O10. The van der Waals surface area contributed by atoms with Gasteiger partial charge in [-0.2, -0.15) is 0 Å². The molecule has 4 aromatic carbocycles. The Hall–Kier alpha value is -5.72. The summed E-state index contributed by atoms with van der Waals surface area (Å²) in [5.74, 6) is 1.18. The summed E-state index contributed by atoms with van der Waals surface area (Å²) in [6.45, 7) is 32.6. The van der Waals surface area contributed by atoms with Crippen molar-refractivity contribution < 1.29 is 48.0 Å². The van der Waals surface area contributed by atoms with Crippen molar-refractivity contribution in [3.8, 4) is 34.1 Å². The Kier molecular flexibility index (Phi) is 23.7. The first-order valence-corrected chi connectivity index (χ1v) is 35.7. The van der Waals surface area contributed by atoms with Crippen molar-refractivity contribution in [3.63, 3.8) is 0 Å². The highest BCUT2D eigenvalue weighted by Crippen LogP contribution is 2.47. The summed E-state index contributed by atoms with van der Waals surface area (Å²) in [5, 5.41) is 11.9. The molecule has 4 aliphatic rings. The van der Waals surface area contributed by atoms with E-state index in [0.717, 1.165) is 53.0 Å². The number of benzene rings is 4. The number of phenols is 1. The number of piperidine rings is 2. The maximum absolute atomic E-state index is 15.7. The molecule has 12 nitrogen and oxygen atoms in total. The fourth-order valence-electron chi connectivity index (χ4n) is 15.8. The number of esters is 4. The summed E-state index contributed by atoms with van der Waals surface area (Å²) < 4.78 is 31.4. The average molecular weight is 1280 g/mol. The summed E-state index contributed by atoms with van der Waals surface area (Å²) in [6, 6.07) is 27.9. The number of phenolic OH excluding ortho intramolecular Hbond substituents is 1. The standard InChI is InChI=1S/C81H118N2O10/c1-18-19-22-25-55-26-28-57(29-27-55)58-30-32-59(33-31-58)60-38-40-64(41-39-60)90-71(85)61-34-36-62(37-35-61)72(86)91-65-44-42-63(43-45-65)89-47-24-21-20-23-46-81(73(87)92-66-51-77(8,9)82(16)78(10,11)52-66,74(88)93-67-53-79(12,13)83(17)80(14,15)54-67)50-56-48-68(75(2,3)4)70(84)69(49-56)76(5,6)7/h30-33,38-45,48-49,55,57,61-62,66-67,84H,18-29,34-37,46-47,50-54H2,1-17H3. The van der Waals surface area contributed by atoms with E-state index in [1.165, 1.54) is 56.9 Å². The van der Waals surface area contributed by atoms with Crippen molar-refractivity contribution in [3.05, 3.63) is 107 Å². The Bertz CT molecular complexity index is 3000. The van der Waals surface area contributed by atoms with Gasteiger partial charge in [-0.3, -0.25) is 29.0 Å². The largest absolute Gasteiger partial charge is 0.507 e. The van der Waals surface area contributed by atoms with Crippen LogP contribution in [0.1, 0.15) is 267 Å². The van der Waals surface area contributed by atoms with Crippen LogP contribution < -0.4 is 14.2 Å². The molecule has 93 heavy (non-hydrogen) atoms. The zero-order valence-corrected chi connectivity index (χ0v) is 60.3. The third-order valence-corrected chi connectivity index (χ3v) is 22.2. The van der Waals surface area contributed by atoms with Crippen LogP contribution in [0.2, 0.25) is 0 Å². The SMILES string of the molecule is CCCCCC1CCC(c2ccc(-c3ccc(OC(=O)C4CCC(C(=O)Oc5ccc(OCCCCCCC(Cc6cc(C(C)(C)C)c(O)c(C(C)(C)C)c6)(C(=O)OC6CC(C)(C)N(C)C(C)(C)C6)C(=O)OC6CC(C)(C)N(C)C(C)(C)C6)cc5)CC4)cc3)cc2)CC1. The van der Waals surface area contributed by atoms with E-state index >= 15 is 9.59 Å². The van der Waals surface area contributed by atoms with Crippen LogP contribution in [0.15, 0.2) is 84.9 Å². The van der Waals surface area contributed by atoms with Gasteiger partial charge in [-0.05, 0) is 233 Å². The van der Waals surface area contributed by atoms with Gasteiger partial charge in [0.25, 0.3) is 0 Å². The normalized spacial score (nSPS) is 22.2. The van der Waals surface area contributed by atoms with Crippen LogP contribution in [-0.2, 0) is 45.9 Å². The van der Waals surface area contributed by atoms with Gasteiger partial charge in [0.15, 0.2) is 5.41 Å². The molecule has 2 saturated heterocycles. The predicted molar refractivity (Wildman–Crippen MR) is 374 cm³/mol. The molecule has 2 heterocycles. The van der Waals surface area contributed by atoms with Gasteiger partial charge in [-0.1, -0.05) is 142 Å². The first-order chi connectivity index (χ1) is 43.6. The molecule has 0 atom stereocenters. The minimum absolute atomic E-state index is 0.0640. The second kappa shape index (κ2) is 30.1. The Morgan fingerprint density at radius 2 is 0.925 bits per heavy atom. The summed E-state index contributed by atoms with van der Waals surface area (Å²) in [7, 11) is 4.26. The summed E-state index contributed by atoms with van der Waals surface area (Å²) in [6.07, 6.45) is 17.6. The van der Waals surface area contributed by atoms with Crippen LogP contribution in [0.3, 0.4) is 0 Å². The Morgan fingerprint density at radius 1 is 0.516 bits per heavy atom. The highest BCUT2D eigenvalue weighted by atomic mass is 16.6. The van der Waals surface area contributed by atoms with Crippen LogP contribution in [0.5, 0.6) is 23.0 Å². The lowest BCUT2D eigenvalue weighted by Crippen LogP contribution is -2.61. The predicted octanol–water partition coefficient (Wildman–Crippen LogP) is 18.8. The van der Waals surface area contributed by atoms with Crippen LogP contribution in [0, 0.1) is 23.2 Å². The Morgan fingerprint density at radius 3 is 1.35 bits per heavy atom. The molecule has 4 aromatic rings. The van der Waals surface area contributed by atoms with Crippen molar-refractivity contribution in [2.24, 2.45) is 23.2 Å². The number of nitrogens with zero attached hydrogens (tertiary/aromatic N) is 2. The minimum Gasteiger partial charge on any atom is -0.507 e. The van der Waals surface area contributed by atoms with E-state index in [2.05, 4.69) is 152 Å². The maximum Gasteiger partial charge on any atom is 0.324 e. The second-order valence-corrected chi connectivity index (χ2v) is 33.3. The van der Waals surface area contributed by atoms with Gasteiger partial charge in [0.2, 0.25) is 0 Å². The highest BCUT2D eigenvalue weighted by molar-refractivity contribution is 6.00. The van der Waals surface area contributed by atoms with Gasteiger partial charge < -0.3 is 28.8 Å². The number of hydrogen-bond donors (Lipinski definition) is 1. The smallest absolute Gasteiger partial charge is 0.324 e. The van der Waals surface area contributed by atoms with Gasteiger partial charge in [0.1, 0.15) is 35.2 Å². The first kappa shape index (κ1) is 73.1. The van der Waals surface area contributed by atoms with Crippen molar-refractivity contribution >= 4 is 23.9 Å². The molecule has 1 N–H and O–H groups in total. The molecule has 0 amide bonds. The summed E-state index contributed by atoms with van der Waals surface area (Å²) in [5.41, 5.74) is 2.38. The topological polar surface area (TPSA) is 141 Å². The Balaban J connectivity index is 0.844. The Labute approximate surface area is 560 Å². The molecule has 8 rings (SSSR count). The third-order valence-electron chi connectivity index (χ3n) is 22.2. The lowest BCUT2D eigenvalue weighted by atomic mass is 9.73. The fraction of sp³-hybridized carbons (Fsp3) is 0.654. The van der Waals surface area contributed by atoms with Gasteiger partial charge in [-0.15, -0.1) is 0 Å². The average Bonchev–Trinajstić information content (AvgIpc) is 0.790. The van der Waals surface area contributed by atoms with Crippen molar-refractivity contribution in [1.82, 2.24) is 9.80 Å². The zero-order chi connectivity index (χ0) is 67.9. The van der Waals surface area contributed by atoms with E-state index in [-0.39, 0.29) is 64.5 Å². The van der Waals surface area contributed by atoms with Gasteiger partial charge in [0.05, 0.1) is 18.4 Å². The molecule has 0 radical (unpaired) electrons. The fourth-order valence-corrected chi connectivity index (χ4v) is 15.8. The number of rotatable bonds is 24. The monoisotopic (exact) mass is 1280 g/mol. The molecule has 512 valence electrons. The van der Waals surface area contributed by atoms with Crippen LogP contribution in [-0.4, -0.2) is 93.8 Å². The van der Waals surface area contributed by atoms with E-state index in [9.17, 15) is 14.7 Å². The molecular weight excluding hydrogens is 1160 g/mol. The third kappa shape index (κ3) is 18.6. The number of carbonyl (C=O) groups is 4.